The van der Waals surface area contributed by atoms with Crippen LogP contribution >= 0.6 is 0 Å². The van der Waals surface area contributed by atoms with Gasteiger partial charge in [0.25, 0.3) is 0 Å². The summed E-state index contributed by atoms with van der Waals surface area (Å²) in [6.07, 6.45) is 0. The first-order chi connectivity index (χ1) is 6.86. The molecule has 0 aromatic heterocycles. The molecule has 1 aromatic rings. The van der Waals surface area contributed by atoms with Gasteiger partial charge in [-0.05, 0) is 25.2 Å². The van der Waals surface area contributed by atoms with Crippen LogP contribution in [0.1, 0.15) is 13.8 Å². The highest BCUT2D eigenvalue weighted by atomic mass is 35.5. The molecule has 86 valence electrons. The van der Waals surface area contributed by atoms with Crippen LogP contribution in [-0.4, -0.2) is 31.1 Å². The van der Waals surface area contributed by atoms with Gasteiger partial charge in [0.15, 0.2) is 0 Å². The molecule has 0 bridgehead atoms. The first-order valence-electron chi connectivity index (χ1n) is 5.27. The van der Waals surface area contributed by atoms with Gasteiger partial charge in [0, 0.05) is 6.54 Å². The molecule has 15 heavy (non-hydrogen) atoms. The van der Waals surface area contributed by atoms with E-state index in [4.69, 9.17) is 4.74 Å². The van der Waals surface area contributed by atoms with Gasteiger partial charge in [-0.15, -0.1) is 0 Å². The summed E-state index contributed by atoms with van der Waals surface area (Å²) < 4.78 is 5.60. The largest absolute Gasteiger partial charge is 1.00 e. The minimum absolute atomic E-state index is 0. The maximum Gasteiger partial charge on any atom is 0.119 e. The van der Waals surface area contributed by atoms with Crippen molar-refractivity contribution < 1.29 is 17.1 Å². The smallest absolute Gasteiger partial charge is 0.119 e. The van der Waals surface area contributed by atoms with Gasteiger partial charge in [0.05, 0.1) is 0 Å². The van der Waals surface area contributed by atoms with Crippen molar-refractivity contribution in [2.24, 2.45) is 0 Å². The summed E-state index contributed by atoms with van der Waals surface area (Å²) in [5.74, 6) is 0.958. The first kappa shape index (κ1) is 14.3. The van der Waals surface area contributed by atoms with E-state index in [1.165, 1.54) is 0 Å². The van der Waals surface area contributed by atoms with Gasteiger partial charge in [-0.2, -0.15) is 0 Å². The molecule has 0 aliphatic carbocycles. The zero-order chi connectivity index (χ0) is 10.2. The molecule has 0 aliphatic rings. The topological polar surface area (TPSA) is 12.5 Å². The molecule has 0 atom stereocenters. The lowest BCUT2D eigenvalue weighted by Gasteiger charge is -2.17. The lowest BCUT2D eigenvalue weighted by atomic mass is 10.3. The van der Waals surface area contributed by atoms with E-state index >= 15 is 0 Å². The van der Waals surface area contributed by atoms with Crippen molar-refractivity contribution in [3.63, 3.8) is 0 Å². The van der Waals surface area contributed by atoms with Crippen molar-refractivity contribution in [2.45, 2.75) is 13.8 Å². The lowest BCUT2D eigenvalue weighted by molar-refractivity contribution is -0.00000349. The highest BCUT2D eigenvalue weighted by Crippen LogP contribution is 2.07. The summed E-state index contributed by atoms with van der Waals surface area (Å²) >= 11 is 0. The van der Waals surface area contributed by atoms with E-state index in [9.17, 15) is 0 Å². The van der Waals surface area contributed by atoms with Gasteiger partial charge >= 0.3 is 0 Å². The summed E-state index contributed by atoms with van der Waals surface area (Å²) in [4.78, 5) is 2.35. The fourth-order valence-electron chi connectivity index (χ4n) is 1.35. The predicted octanol–water partition coefficient (Wildman–Crippen LogP) is -0.589. The maximum atomic E-state index is 5.60. The van der Waals surface area contributed by atoms with Crippen molar-refractivity contribution >= 4 is 0 Å². The summed E-state index contributed by atoms with van der Waals surface area (Å²) in [6.45, 7) is 8.30. The number of hydrogen-bond acceptors (Lipinski definition) is 2. The molecule has 0 heterocycles. The van der Waals surface area contributed by atoms with Gasteiger partial charge < -0.3 is 22.0 Å². The van der Waals surface area contributed by atoms with E-state index in [1.807, 2.05) is 30.3 Å². The molecule has 3 heteroatoms. The quantitative estimate of drug-likeness (QED) is 0.646. The Hall–Kier alpha value is -0.730. The third-order valence-electron chi connectivity index (χ3n) is 2.31. The normalized spacial score (nSPS) is 9.80. The zero-order valence-corrected chi connectivity index (χ0v) is 10.2. The Kier molecular flexibility index (Phi) is 8.15. The SMILES string of the molecule is CCN(CC)CCOc1ccccc1.[Cl-]. The van der Waals surface area contributed by atoms with Crippen LogP contribution in [-0.2, 0) is 0 Å². The number of nitrogens with zero attached hydrogens (tertiary/aromatic N) is 1. The first-order valence-corrected chi connectivity index (χ1v) is 5.27. The van der Waals surface area contributed by atoms with Crippen LogP contribution in [0, 0.1) is 0 Å². The Labute approximate surface area is 98.6 Å². The Morgan fingerprint density at radius 2 is 1.67 bits per heavy atom. The zero-order valence-electron chi connectivity index (χ0n) is 9.45. The predicted molar refractivity (Wildman–Crippen MR) is 59.7 cm³/mol. The minimum atomic E-state index is 0. The molecule has 0 fully saturated rings. The Bertz CT molecular complexity index is 237. The second-order valence-corrected chi connectivity index (χ2v) is 3.19. The third kappa shape index (κ3) is 5.65. The second-order valence-electron chi connectivity index (χ2n) is 3.19. The summed E-state index contributed by atoms with van der Waals surface area (Å²) in [6, 6.07) is 9.96. The number of ether oxygens (including phenoxy) is 1. The summed E-state index contributed by atoms with van der Waals surface area (Å²) in [5, 5.41) is 0. The van der Waals surface area contributed by atoms with Crippen LogP contribution in [0.4, 0.5) is 0 Å². The molecule has 2 nitrogen and oxygen atoms in total. The van der Waals surface area contributed by atoms with E-state index in [-0.39, 0.29) is 12.4 Å². The molecule has 0 radical (unpaired) electrons. The van der Waals surface area contributed by atoms with Gasteiger partial charge in [-0.25, -0.2) is 0 Å². The highest BCUT2D eigenvalue weighted by molar-refractivity contribution is 5.20. The molecule has 0 N–H and O–H groups in total. The average molecular weight is 229 g/mol. The molecular formula is C12H19ClNO-. The van der Waals surface area contributed by atoms with Crippen LogP contribution in [0.15, 0.2) is 30.3 Å². The van der Waals surface area contributed by atoms with Crippen molar-refractivity contribution in [1.82, 2.24) is 4.90 Å². The summed E-state index contributed by atoms with van der Waals surface area (Å²) in [7, 11) is 0. The number of benzene rings is 1. The van der Waals surface area contributed by atoms with E-state index in [0.29, 0.717) is 0 Å². The monoisotopic (exact) mass is 228 g/mol. The highest BCUT2D eigenvalue weighted by Gasteiger charge is 1.98. The number of likely N-dealkylation sites (N-methyl/N-ethyl adjacent to an activating group) is 1. The average Bonchev–Trinajstić information content (AvgIpc) is 2.26. The van der Waals surface area contributed by atoms with E-state index in [2.05, 4.69) is 18.7 Å². The van der Waals surface area contributed by atoms with Gasteiger partial charge in [0.2, 0.25) is 0 Å². The van der Waals surface area contributed by atoms with Crippen molar-refractivity contribution in [3.8, 4) is 5.75 Å². The van der Waals surface area contributed by atoms with Crippen LogP contribution in [0.3, 0.4) is 0 Å². The molecule has 0 amide bonds. The molecule has 1 aromatic carbocycles. The molecule has 0 spiro atoms. The standard InChI is InChI=1S/C12H19NO.ClH/c1-3-13(4-2)10-11-14-12-8-6-5-7-9-12;/h5-9H,3-4,10-11H2,1-2H3;1H/p-1. The third-order valence-corrected chi connectivity index (χ3v) is 2.31. The molecule has 0 saturated heterocycles. The second kappa shape index (κ2) is 8.57. The Balaban J connectivity index is 0.00000196. The molecule has 1 rings (SSSR count). The van der Waals surface area contributed by atoms with Crippen LogP contribution in [0.25, 0.3) is 0 Å². The Morgan fingerprint density at radius 1 is 1.07 bits per heavy atom. The van der Waals surface area contributed by atoms with Crippen molar-refractivity contribution in [1.29, 1.82) is 0 Å². The van der Waals surface area contributed by atoms with Crippen molar-refractivity contribution in [3.05, 3.63) is 30.3 Å². The van der Waals surface area contributed by atoms with Gasteiger partial charge in [0.1, 0.15) is 12.4 Å². The minimum Gasteiger partial charge on any atom is -1.00 e. The number of halogens is 1. The fourth-order valence-corrected chi connectivity index (χ4v) is 1.35. The molecular weight excluding hydrogens is 210 g/mol. The van der Waals surface area contributed by atoms with Crippen LogP contribution < -0.4 is 17.1 Å². The van der Waals surface area contributed by atoms with Crippen LogP contribution in [0.5, 0.6) is 5.75 Å². The summed E-state index contributed by atoms with van der Waals surface area (Å²) in [5.41, 5.74) is 0. The van der Waals surface area contributed by atoms with Crippen molar-refractivity contribution in [2.75, 3.05) is 26.2 Å². The number of rotatable bonds is 6. The van der Waals surface area contributed by atoms with Gasteiger partial charge in [-0.3, -0.25) is 0 Å². The Morgan fingerprint density at radius 3 is 2.20 bits per heavy atom. The van der Waals surface area contributed by atoms with Gasteiger partial charge in [-0.1, -0.05) is 32.0 Å². The number of para-hydroxylation sites is 1. The fraction of sp³-hybridized carbons (Fsp3) is 0.500. The van der Waals surface area contributed by atoms with Crippen LogP contribution in [0.2, 0.25) is 0 Å². The molecule has 0 saturated carbocycles. The number of hydrogen-bond donors (Lipinski definition) is 0. The maximum absolute atomic E-state index is 5.60. The van der Waals surface area contributed by atoms with E-state index in [1.54, 1.807) is 0 Å². The lowest BCUT2D eigenvalue weighted by Crippen LogP contribution is -3.00. The molecule has 0 unspecified atom stereocenters. The molecule has 0 aliphatic heterocycles. The van der Waals surface area contributed by atoms with E-state index in [0.717, 1.165) is 32.0 Å². The van der Waals surface area contributed by atoms with E-state index < -0.39 is 0 Å².